The molecule has 3 rings (SSSR count). The van der Waals surface area contributed by atoms with E-state index in [1.165, 1.54) is 15.9 Å². The smallest absolute Gasteiger partial charge is 0.264 e. The highest BCUT2D eigenvalue weighted by atomic mass is 32.1. The number of hydrogen-bond acceptors (Lipinski definition) is 7. The molecule has 0 aliphatic heterocycles. The average Bonchev–Trinajstić information content (AvgIpc) is 3.35. The van der Waals surface area contributed by atoms with Crippen molar-refractivity contribution in [2.45, 2.75) is 19.4 Å². The topological polar surface area (TPSA) is 99.2 Å². The fourth-order valence-electron chi connectivity index (χ4n) is 2.66. The predicted octanol–water partition coefficient (Wildman–Crippen LogP) is 2.34. The number of nitrogens with zero attached hydrogens (tertiary/aromatic N) is 3. The van der Waals surface area contributed by atoms with E-state index in [-0.39, 0.29) is 22.9 Å². The maximum Gasteiger partial charge on any atom is 0.264 e. The summed E-state index contributed by atoms with van der Waals surface area (Å²) in [4.78, 5) is 29.7. The van der Waals surface area contributed by atoms with E-state index < -0.39 is 6.04 Å². The van der Waals surface area contributed by atoms with Gasteiger partial charge in [0.2, 0.25) is 11.7 Å². The standard InChI is InChI=1S/C18H20N4O4S/c1-3-14(16(23)19-7-9-25-2)22-8-4-5-13(18(22)24)17-20-15(21-26-17)12-6-10-27-11-12/h4-6,8,10-11,14H,3,7,9H2,1-2H3,(H,19,23)/t14-/m1/s1. The number of rotatable bonds is 8. The summed E-state index contributed by atoms with van der Waals surface area (Å²) in [5.41, 5.74) is 0.733. The molecule has 1 atom stereocenters. The largest absolute Gasteiger partial charge is 0.383 e. The maximum absolute atomic E-state index is 12.9. The van der Waals surface area contributed by atoms with Crippen LogP contribution in [0.5, 0.6) is 0 Å². The molecule has 0 aliphatic carbocycles. The third kappa shape index (κ3) is 4.15. The summed E-state index contributed by atoms with van der Waals surface area (Å²) in [6, 6.07) is 4.55. The lowest BCUT2D eigenvalue weighted by Gasteiger charge is -2.18. The number of thiophene rings is 1. The first-order valence-electron chi connectivity index (χ1n) is 8.50. The highest BCUT2D eigenvalue weighted by Gasteiger charge is 2.22. The zero-order chi connectivity index (χ0) is 19.2. The van der Waals surface area contributed by atoms with Crippen molar-refractivity contribution in [3.05, 3.63) is 45.5 Å². The molecule has 0 radical (unpaired) electrons. The first-order valence-corrected chi connectivity index (χ1v) is 9.44. The number of hydrogen-bond donors (Lipinski definition) is 1. The second-order valence-electron chi connectivity index (χ2n) is 5.78. The highest BCUT2D eigenvalue weighted by Crippen LogP contribution is 2.22. The van der Waals surface area contributed by atoms with Gasteiger partial charge in [-0.3, -0.25) is 9.59 Å². The number of methoxy groups -OCH3 is 1. The Morgan fingerprint density at radius 1 is 1.44 bits per heavy atom. The van der Waals surface area contributed by atoms with Gasteiger partial charge in [0.1, 0.15) is 11.6 Å². The van der Waals surface area contributed by atoms with Gasteiger partial charge in [0.15, 0.2) is 0 Å². The van der Waals surface area contributed by atoms with Crippen molar-refractivity contribution in [2.75, 3.05) is 20.3 Å². The quantitative estimate of drug-likeness (QED) is 0.595. The van der Waals surface area contributed by atoms with Gasteiger partial charge < -0.3 is 19.1 Å². The number of nitrogens with one attached hydrogen (secondary N) is 1. The van der Waals surface area contributed by atoms with Crippen molar-refractivity contribution in [1.29, 1.82) is 0 Å². The Balaban J connectivity index is 1.89. The monoisotopic (exact) mass is 388 g/mol. The normalized spacial score (nSPS) is 12.1. The molecule has 0 aliphatic rings. The van der Waals surface area contributed by atoms with E-state index >= 15 is 0 Å². The molecule has 27 heavy (non-hydrogen) atoms. The summed E-state index contributed by atoms with van der Waals surface area (Å²) in [6.45, 7) is 2.64. The lowest BCUT2D eigenvalue weighted by molar-refractivity contribution is -0.124. The van der Waals surface area contributed by atoms with Gasteiger partial charge in [-0.05, 0) is 30.0 Å². The fraction of sp³-hybridized carbons (Fsp3) is 0.333. The molecule has 0 aromatic carbocycles. The third-order valence-electron chi connectivity index (χ3n) is 4.04. The van der Waals surface area contributed by atoms with Crippen LogP contribution in [0.2, 0.25) is 0 Å². The number of carbonyl (C=O) groups is 1. The first-order chi connectivity index (χ1) is 13.2. The van der Waals surface area contributed by atoms with Gasteiger partial charge in [0.05, 0.1) is 6.61 Å². The van der Waals surface area contributed by atoms with Crippen molar-refractivity contribution >= 4 is 17.2 Å². The highest BCUT2D eigenvalue weighted by molar-refractivity contribution is 7.08. The van der Waals surface area contributed by atoms with Gasteiger partial charge in [0, 0.05) is 30.8 Å². The Kier molecular flexibility index (Phi) is 6.15. The van der Waals surface area contributed by atoms with Crippen LogP contribution in [-0.4, -0.2) is 40.9 Å². The van der Waals surface area contributed by atoms with E-state index in [0.29, 0.717) is 25.4 Å². The van der Waals surface area contributed by atoms with Crippen LogP contribution in [0.4, 0.5) is 0 Å². The van der Waals surface area contributed by atoms with Gasteiger partial charge in [-0.25, -0.2) is 0 Å². The van der Waals surface area contributed by atoms with Crippen LogP contribution < -0.4 is 10.9 Å². The van der Waals surface area contributed by atoms with Crippen LogP contribution in [0.25, 0.3) is 22.8 Å². The van der Waals surface area contributed by atoms with Crippen molar-refractivity contribution < 1.29 is 14.1 Å². The minimum Gasteiger partial charge on any atom is -0.383 e. The van der Waals surface area contributed by atoms with Crippen LogP contribution >= 0.6 is 11.3 Å². The second kappa shape index (κ2) is 8.74. The van der Waals surface area contributed by atoms with Crippen molar-refractivity contribution in [3.8, 4) is 22.8 Å². The molecule has 3 aromatic heterocycles. The molecule has 0 fully saturated rings. The summed E-state index contributed by atoms with van der Waals surface area (Å²) < 4.78 is 11.6. The summed E-state index contributed by atoms with van der Waals surface area (Å²) >= 11 is 1.52. The first kappa shape index (κ1) is 19.0. The van der Waals surface area contributed by atoms with Crippen LogP contribution in [0, 0.1) is 0 Å². The van der Waals surface area contributed by atoms with Crippen molar-refractivity contribution in [1.82, 2.24) is 20.0 Å². The number of ether oxygens (including phenoxy) is 1. The van der Waals surface area contributed by atoms with Crippen LogP contribution in [0.15, 0.2) is 44.5 Å². The van der Waals surface area contributed by atoms with Crippen LogP contribution in [0.1, 0.15) is 19.4 Å². The van der Waals surface area contributed by atoms with Gasteiger partial charge in [0.25, 0.3) is 11.4 Å². The Labute approximate surface area is 159 Å². The summed E-state index contributed by atoms with van der Waals surface area (Å²) in [7, 11) is 1.56. The molecular formula is C18H20N4O4S. The van der Waals surface area contributed by atoms with Crippen molar-refractivity contribution in [2.24, 2.45) is 0 Å². The Morgan fingerprint density at radius 2 is 2.30 bits per heavy atom. The summed E-state index contributed by atoms with van der Waals surface area (Å²) in [6.07, 6.45) is 2.05. The zero-order valence-electron chi connectivity index (χ0n) is 15.0. The average molecular weight is 388 g/mol. The Bertz CT molecular complexity index is 948. The molecule has 1 N–H and O–H groups in total. The molecule has 0 saturated carbocycles. The zero-order valence-corrected chi connectivity index (χ0v) is 15.9. The van der Waals surface area contributed by atoms with Crippen molar-refractivity contribution in [3.63, 3.8) is 0 Å². The molecule has 0 spiro atoms. The number of pyridine rings is 1. The third-order valence-corrected chi connectivity index (χ3v) is 4.72. The van der Waals surface area contributed by atoms with Gasteiger partial charge in [-0.1, -0.05) is 12.1 Å². The lowest BCUT2D eigenvalue weighted by atomic mass is 10.1. The number of amides is 1. The summed E-state index contributed by atoms with van der Waals surface area (Å²) in [5, 5.41) is 10.5. The Morgan fingerprint density at radius 3 is 3.00 bits per heavy atom. The molecule has 0 unspecified atom stereocenters. The molecule has 0 saturated heterocycles. The molecular weight excluding hydrogens is 368 g/mol. The van der Waals surface area contributed by atoms with Crippen LogP contribution in [-0.2, 0) is 9.53 Å². The molecule has 0 bridgehead atoms. The number of aromatic nitrogens is 3. The molecule has 3 heterocycles. The van der Waals surface area contributed by atoms with E-state index in [1.54, 1.807) is 25.4 Å². The lowest BCUT2D eigenvalue weighted by Crippen LogP contribution is -2.38. The number of carbonyl (C=O) groups excluding carboxylic acids is 1. The molecule has 1 amide bonds. The molecule has 8 nitrogen and oxygen atoms in total. The van der Waals surface area contributed by atoms with E-state index in [9.17, 15) is 9.59 Å². The van der Waals surface area contributed by atoms with E-state index in [4.69, 9.17) is 9.26 Å². The predicted molar refractivity (Wildman–Crippen MR) is 102 cm³/mol. The molecule has 9 heteroatoms. The van der Waals surface area contributed by atoms with Gasteiger partial charge in [-0.2, -0.15) is 16.3 Å². The summed E-state index contributed by atoms with van der Waals surface area (Å²) in [5.74, 6) is 0.314. The fourth-order valence-corrected chi connectivity index (χ4v) is 3.30. The molecule has 142 valence electrons. The maximum atomic E-state index is 12.9. The minimum absolute atomic E-state index is 0.130. The van der Waals surface area contributed by atoms with E-state index in [0.717, 1.165) is 5.56 Å². The van der Waals surface area contributed by atoms with Gasteiger partial charge >= 0.3 is 0 Å². The second-order valence-corrected chi connectivity index (χ2v) is 6.56. The minimum atomic E-state index is -0.631. The SMILES string of the molecule is CC[C@H](C(=O)NCCOC)n1cccc(-c2nc(-c3ccsc3)no2)c1=O. The van der Waals surface area contributed by atoms with Gasteiger partial charge in [-0.15, -0.1) is 0 Å². The Hall–Kier alpha value is -2.78. The van der Waals surface area contributed by atoms with E-state index in [1.807, 2.05) is 23.8 Å². The van der Waals surface area contributed by atoms with E-state index in [2.05, 4.69) is 15.5 Å². The molecule has 3 aromatic rings. The van der Waals surface area contributed by atoms with Crippen LogP contribution in [0.3, 0.4) is 0 Å².